The summed E-state index contributed by atoms with van der Waals surface area (Å²) in [4.78, 5) is 11.4. The first-order chi connectivity index (χ1) is 6.87. The molecule has 7 heteroatoms. The van der Waals surface area contributed by atoms with E-state index in [9.17, 15) is 4.79 Å². The lowest BCUT2D eigenvalue weighted by atomic mass is 10.1. The van der Waals surface area contributed by atoms with Gasteiger partial charge in [0.05, 0.1) is 10.7 Å². The summed E-state index contributed by atoms with van der Waals surface area (Å²) in [5.74, 6) is -0.0934. The molecule has 1 heterocycles. The monoisotopic (exact) mass is 310 g/mol. The molecule has 0 saturated carbocycles. The van der Waals surface area contributed by atoms with Gasteiger partial charge in [0, 0.05) is 18.3 Å². The quantitative estimate of drug-likeness (QED) is 0.868. The van der Waals surface area contributed by atoms with Crippen LogP contribution in [0.5, 0.6) is 0 Å². The van der Waals surface area contributed by atoms with E-state index in [1.54, 1.807) is 17.1 Å². The molecule has 0 aliphatic rings. The van der Waals surface area contributed by atoms with Crippen molar-refractivity contribution in [2.45, 2.75) is 25.9 Å². The normalized spacial score (nSPS) is 10.8. The number of rotatable bonds is 4. The van der Waals surface area contributed by atoms with Crippen LogP contribution in [0, 0.1) is 0 Å². The number of carbonyl (C=O) groups excluding carboxylic acids is 1. The fraction of sp³-hybridized carbons (Fsp3) is 0.556. The second kappa shape index (κ2) is 6.22. The first-order valence-corrected chi connectivity index (χ1v) is 5.40. The third-order valence-electron chi connectivity index (χ3n) is 1.65. The molecule has 0 unspecified atom stereocenters. The highest BCUT2D eigenvalue weighted by molar-refractivity contribution is 9.10. The number of halogens is 2. The van der Waals surface area contributed by atoms with Gasteiger partial charge in [-0.1, -0.05) is 0 Å². The number of amides is 1. The number of hydrogen-bond acceptors (Lipinski definition) is 3. The molecule has 0 fully saturated rings. The second-order valence-corrected chi connectivity index (χ2v) is 5.04. The van der Waals surface area contributed by atoms with Gasteiger partial charge in [-0.15, -0.1) is 12.4 Å². The summed E-state index contributed by atoms with van der Waals surface area (Å²) in [6.07, 6.45) is 3.38. The Bertz CT molecular complexity index is 348. The summed E-state index contributed by atoms with van der Waals surface area (Å²) in [5.41, 5.74) is 5.35. The summed E-state index contributed by atoms with van der Waals surface area (Å²) < 4.78 is 2.41. The summed E-state index contributed by atoms with van der Waals surface area (Å²) in [7, 11) is 0. The van der Waals surface area contributed by atoms with Gasteiger partial charge in [-0.3, -0.25) is 9.48 Å². The van der Waals surface area contributed by atoms with E-state index < -0.39 is 0 Å². The number of aromatic nitrogens is 2. The van der Waals surface area contributed by atoms with E-state index in [4.69, 9.17) is 5.73 Å². The van der Waals surface area contributed by atoms with E-state index in [1.807, 2.05) is 13.8 Å². The Labute approximate surface area is 109 Å². The number of hydrogen-bond donors (Lipinski definition) is 2. The largest absolute Gasteiger partial charge is 0.353 e. The van der Waals surface area contributed by atoms with Gasteiger partial charge in [0.2, 0.25) is 5.91 Å². The molecule has 0 radical (unpaired) electrons. The minimum Gasteiger partial charge on any atom is -0.353 e. The Morgan fingerprint density at radius 1 is 1.69 bits per heavy atom. The molecule has 0 aromatic carbocycles. The van der Waals surface area contributed by atoms with E-state index in [1.165, 1.54) is 0 Å². The van der Waals surface area contributed by atoms with Crippen LogP contribution in [0.25, 0.3) is 0 Å². The minimum absolute atomic E-state index is 0. The number of nitrogens with zero attached hydrogens (tertiary/aromatic N) is 2. The van der Waals surface area contributed by atoms with E-state index >= 15 is 0 Å². The standard InChI is InChI=1S/C9H15BrN4O.ClH/c1-9(2,11)6-12-8(15)5-14-4-7(10)3-13-14;/h3-4H,5-6,11H2,1-2H3,(H,12,15);1H. The van der Waals surface area contributed by atoms with Crippen molar-refractivity contribution in [2.75, 3.05) is 6.54 Å². The molecule has 0 aliphatic carbocycles. The van der Waals surface area contributed by atoms with Crippen molar-refractivity contribution in [3.05, 3.63) is 16.9 Å². The maximum atomic E-state index is 11.4. The molecule has 0 spiro atoms. The van der Waals surface area contributed by atoms with Gasteiger partial charge < -0.3 is 11.1 Å². The SMILES string of the molecule is CC(C)(N)CNC(=O)Cn1cc(Br)cn1.Cl. The molecule has 5 nitrogen and oxygen atoms in total. The predicted octanol–water partition coefficient (Wildman–Crippen LogP) is 0.921. The van der Waals surface area contributed by atoms with Gasteiger partial charge in [0.15, 0.2) is 0 Å². The number of carbonyl (C=O) groups is 1. The Morgan fingerprint density at radius 3 is 2.75 bits per heavy atom. The van der Waals surface area contributed by atoms with Crippen molar-refractivity contribution >= 4 is 34.2 Å². The highest BCUT2D eigenvalue weighted by atomic mass is 79.9. The summed E-state index contributed by atoms with van der Waals surface area (Å²) in [6.45, 7) is 4.38. The molecule has 0 atom stereocenters. The van der Waals surface area contributed by atoms with Gasteiger partial charge in [-0.2, -0.15) is 5.10 Å². The third-order valence-corrected chi connectivity index (χ3v) is 2.06. The van der Waals surface area contributed by atoms with E-state index in [2.05, 4.69) is 26.3 Å². The van der Waals surface area contributed by atoms with E-state index in [-0.39, 0.29) is 30.4 Å². The average Bonchev–Trinajstić information content (AvgIpc) is 2.47. The lowest BCUT2D eigenvalue weighted by Gasteiger charge is -2.18. The molecule has 3 N–H and O–H groups in total. The Kier molecular flexibility index (Phi) is 5.99. The van der Waals surface area contributed by atoms with Crippen LogP contribution in [0.15, 0.2) is 16.9 Å². The van der Waals surface area contributed by atoms with Crippen molar-refractivity contribution in [1.82, 2.24) is 15.1 Å². The van der Waals surface area contributed by atoms with Gasteiger partial charge in [-0.05, 0) is 29.8 Å². The van der Waals surface area contributed by atoms with Crippen LogP contribution < -0.4 is 11.1 Å². The minimum atomic E-state index is -0.389. The van der Waals surface area contributed by atoms with Crippen LogP contribution in [-0.4, -0.2) is 27.8 Å². The summed E-state index contributed by atoms with van der Waals surface area (Å²) >= 11 is 3.26. The molecule has 1 amide bonds. The van der Waals surface area contributed by atoms with Crippen molar-refractivity contribution < 1.29 is 4.79 Å². The molecule has 1 aromatic rings. The predicted molar refractivity (Wildman–Crippen MR) is 68.5 cm³/mol. The maximum absolute atomic E-state index is 11.4. The van der Waals surface area contributed by atoms with Crippen LogP contribution in [0.4, 0.5) is 0 Å². The highest BCUT2D eigenvalue weighted by Crippen LogP contribution is 2.05. The van der Waals surface area contributed by atoms with Crippen LogP contribution in [0.3, 0.4) is 0 Å². The molecule has 1 rings (SSSR count). The Morgan fingerprint density at radius 2 is 2.31 bits per heavy atom. The van der Waals surface area contributed by atoms with Crippen molar-refractivity contribution in [1.29, 1.82) is 0 Å². The lowest BCUT2D eigenvalue weighted by molar-refractivity contribution is -0.122. The van der Waals surface area contributed by atoms with Crippen LogP contribution in [0.1, 0.15) is 13.8 Å². The van der Waals surface area contributed by atoms with Gasteiger partial charge in [0.25, 0.3) is 0 Å². The zero-order chi connectivity index (χ0) is 11.5. The fourth-order valence-electron chi connectivity index (χ4n) is 0.954. The van der Waals surface area contributed by atoms with Gasteiger partial charge in [0.1, 0.15) is 6.54 Å². The Hall–Kier alpha value is -0.590. The first-order valence-electron chi connectivity index (χ1n) is 4.60. The van der Waals surface area contributed by atoms with E-state index in [0.717, 1.165) is 4.47 Å². The third kappa shape index (κ3) is 6.09. The van der Waals surface area contributed by atoms with Crippen LogP contribution in [0.2, 0.25) is 0 Å². The second-order valence-electron chi connectivity index (χ2n) is 4.12. The van der Waals surface area contributed by atoms with Crippen molar-refractivity contribution in [3.8, 4) is 0 Å². The van der Waals surface area contributed by atoms with E-state index in [0.29, 0.717) is 6.54 Å². The molecular weight excluding hydrogens is 295 g/mol. The summed E-state index contributed by atoms with van der Waals surface area (Å²) in [6, 6.07) is 0. The molecule has 0 bridgehead atoms. The maximum Gasteiger partial charge on any atom is 0.241 e. The first kappa shape index (κ1) is 15.4. The summed E-state index contributed by atoms with van der Waals surface area (Å²) in [5, 5.41) is 6.72. The molecule has 0 saturated heterocycles. The lowest BCUT2D eigenvalue weighted by Crippen LogP contribution is -2.45. The average molecular weight is 312 g/mol. The zero-order valence-electron chi connectivity index (χ0n) is 9.24. The Balaban J connectivity index is 0.00000225. The molecule has 16 heavy (non-hydrogen) atoms. The number of nitrogens with one attached hydrogen (secondary N) is 1. The molecular formula is C9H16BrClN4O. The van der Waals surface area contributed by atoms with Crippen molar-refractivity contribution in [3.63, 3.8) is 0 Å². The topological polar surface area (TPSA) is 72.9 Å². The molecule has 1 aromatic heterocycles. The van der Waals surface area contributed by atoms with Crippen LogP contribution >= 0.6 is 28.3 Å². The highest BCUT2D eigenvalue weighted by Gasteiger charge is 2.12. The van der Waals surface area contributed by atoms with Gasteiger partial charge in [-0.25, -0.2) is 0 Å². The van der Waals surface area contributed by atoms with Crippen LogP contribution in [-0.2, 0) is 11.3 Å². The molecule has 92 valence electrons. The zero-order valence-corrected chi connectivity index (χ0v) is 11.6. The smallest absolute Gasteiger partial charge is 0.241 e. The van der Waals surface area contributed by atoms with Gasteiger partial charge >= 0.3 is 0 Å². The molecule has 0 aliphatic heterocycles. The van der Waals surface area contributed by atoms with Crippen molar-refractivity contribution in [2.24, 2.45) is 5.73 Å². The number of nitrogens with two attached hydrogens (primary N) is 1. The fourth-order valence-corrected chi connectivity index (χ4v) is 1.28.